The predicted octanol–water partition coefficient (Wildman–Crippen LogP) is 4.77. The molecule has 0 radical (unpaired) electrons. The van der Waals surface area contributed by atoms with Gasteiger partial charge < -0.3 is 20.3 Å². The molecular formula is C34H29ClFN9O4S. The van der Waals surface area contributed by atoms with Gasteiger partial charge in [-0.1, -0.05) is 41.9 Å². The Balaban J connectivity index is 1.04. The lowest BCUT2D eigenvalue weighted by molar-refractivity contribution is -0.118. The number of benzene rings is 3. The molecule has 2 fully saturated rings. The molecule has 13 nitrogen and oxygen atoms in total. The molecule has 16 heteroatoms. The van der Waals surface area contributed by atoms with Crippen LogP contribution in [-0.2, 0) is 14.8 Å². The zero-order valence-corrected chi connectivity index (χ0v) is 28.0. The van der Waals surface area contributed by atoms with E-state index < -0.39 is 28.4 Å². The Morgan fingerprint density at radius 2 is 1.78 bits per heavy atom. The fourth-order valence-corrected chi connectivity index (χ4v) is 7.28. The Labute approximate surface area is 290 Å². The summed E-state index contributed by atoms with van der Waals surface area (Å²) in [6, 6.07) is 16.4. The van der Waals surface area contributed by atoms with Gasteiger partial charge in [0.15, 0.2) is 18.2 Å². The first-order chi connectivity index (χ1) is 24.3. The van der Waals surface area contributed by atoms with Gasteiger partial charge >= 0.3 is 6.01 Å². The van der Waals surface area contributed by atoms with Crippen LogP contribution in [0.5, 0.6) is 6.01 Å². The third-order valence-corrected chi connectivity index (χ3v) is 10.5. The van der Waals surface area contributed by atoms with E-state index in [1.165, 1.54) is 30.6 Å². The van der Waals surface area contributed by atoms with Crippen LogP contribution < -0.4 is 20.3 Å². The first-order valence-electron chi connectivity index (χ1n) is 16.0. The fraction of sp³-hybridized carbons (Fsp3) is 0.235. The zero-order valence-electron chi connectivity index (χ0n) is 26.4. The third kappa shape index (κ3) is 6.08. The molecule has 0 spiro atoms. The van der Waals surface area contributed by atoms with Crippen LogP contribution in [-0.4, -0.2) is 76.2 Å². The van der Waals surface area contributed by atoms with Gasteiger partial charge in [0.05, 0.1) is 10.3 Å². The number of nitrogens with one attached hydrogen (secondary N) is 2. The molecule has 1 aliphatic heterocycles. The van der Waals surface area contributed by atoms with Crippen LogP contribution in [0.3, 0.4) is 0 Å². The Morgan fingerprint density at radius 3 is 2.54 bits per heavy atom. The number of hydrogen-bond donors (Lipinski definition) is 2. The molecular weight excluding hydrogens is 685 g/mol. The van der Waals surface area contributed by atoms with E-state index in [4.69, 9.17) is 16.3 Å². The highest BCUT2D eigenvalue weighted by Crippen LogP contribution is 2.38. The second-order valence-corrected chi connectivity index (χ2v) is 14.2. The van der Waals surface area contributed by atoms with Crippen molar-refractivity contribution >= 4 is 60.7 Å². The SMILES string of the molecule is O=C(COc1nc(N2CCNCC2)c2cnc(-c3cccc4cccc(Cl)c34)c(F)c2n1)Nc1ccc(S(=O)(=O)n2cnc(C3CC3)n2)cc1. The van der Waals surface area contributed by atoms with Crippen LogP contribution in [0.2, 0.25) is 5.02 Å². The fourth-order valence-electron chi connectivity index (χ4n) is 5.94. The summed E-state index contributed by atoms with van der Waals surface area (Å²) < 4.78 is 49.1. The van der Waals surface area contributed by atoms with Gasteiger partial charge in [0.2, 0.25) is 0 Å². The Bertz CT molecular complexity index is 2380. The Morgan fingerprint density at radius 1 is 1.02 bits per heavy atom. The second kappa shape index (κ2) is 12.9. The average Bonchev–Trinajstić information content (AvgIpc) is 3.86. The summed E-state index contributed by atoms with van der Waals surface area (Å²) in [4.78, 5) is 32.5. The summed E-state index contributed by atoms with van der Waals surface area (Å²) in [6.45, 7) is 2.13. The topological polar surface area (TPSA) is 157 Å². The Kier molecular flexibility index (Phi) is 8.25. The van der Waals surface area contributed by atoms with E-state index in [1.54, 1.807) is 18.3 Å². The number of fused-ring (bicyclic) bond motifs is 2. The van der Waals surface area contributed by atoms with E-state index in [0.717, 1.165) is 22.3 Å². The van der Waals surface area contributed by atoms with Crippen molar-refractivity contribution in [2.75, 3.05) is 43.0 Å². The minimum Gasteiger partial charge on any atom is -0.453 e. The van der Waals surface area contributed by atoms with E-state index in [1.807, 2.05) is 29.2 Å². The van der Waals surface area contributed by atoms with Crippen LogP contribution in [0, 0.1) is 5.82 Å². The summed E-state index contributed by atoms with van der Waals surface area (Å²) in [6.07, 6.45) is 4.64. The van der Waals surface area contributed by atoms with Crippen molar-refractivity contribution in [3.8, 4) is 17.3 Å². The molecule has 2 aliphatic rings. The average molecular weight is 714 g/mol. The lowest BCUT2D eigenvalue weighted by Gasteiger charge is -2.29. The number of carbonyl (C=O) groups excluding carboxylic acids is 1. The number of nitrogens with zero attached hydrogens (tertiary/aromatic N) is 7. The predicted molar refractivity (Wildman–Crippen MR) is 185 cm³/mol. The van der Waals surface area contributed by atoms with Gasteiger partial charge in [0.1, 0.15) is 23.4 Å². The molecule has 8 rings (SSSR count). The zero-order chi connectivity index (χ0) is 34.4. The maximum atomic E-state index is 16.5. The molecule has 0 atom stereocenters. The minimum absolute atomic E-state index is 0.00794. The van der Waals surface area contributed by atoms with Crippen molar-refractivity contribution in [3.63, 3.8) is 0 Å². The maximum absolute atomic E-state index is 16.5. The van der Waals surface area contributed by atoms with E-state index in [0.29, 0.717) is 64.9 Å². The maximum Gasteiger partial charge on any atom is 0.319 e. The molecule has 0 bridgehead atoms. The highest BCUT2D eigenvalue weighted by molar-refractivity contribution is 7.89. The highest BCUT2D eigenvalue weighted by Gasteiger charge is 2.29. The number of anilines is 2. The second-order valence-electron chi connectivity index (χ2n) is 12.0. The van der Waals surface area contributed by atoms with Crippen molar-refractivity contribution in [2.24, 2.45) is 0 Å². The van der Waals surface area contributed by atoms with Gasteiger partial charge in [-0.05, 0) is 48.6 Å². The first kappa shape index (κ1) is 32.0. The van der Waals surface area contributed by atoms with Gasteiger partial charge in [0.25, 0.3) is 15.9 Å². The van der Waals surface area contributed by atoms with Gasteiger partial charge in [-0.25, -0.2) is 9.37 Å². The molecule has 3 aromatic carbocycles. The van der Waals surface area contributed by atoms with E-state index in [9.17, 15) is 13.2 Å². The van der Waals surface area contributed by atoms with Gasteiger partial charge in [0, 0.05) is 60.0 Å². The lowest BCUT2D eigenvalue weighted by atomic mass is 10.0. The number of ether oxygens (including phenoxy) is 1. The van der Waals surface area contributed by atoms with E-state index >= 15 is 4.39 Å². The normalized spacial score (nSPS) is 15.0. The summed E-state index contributed by atoms with van der Waals surface area (Å²) in [5.41, 5.74) is 0.917. The van der Waals surface area contributed by atoms with Crippen molar-refractivity contribution < 1.29 is 22.3 Å². The number of hydrogen-bond acceptors (Lipinski definition) is 11. The largest absolute Gasteiger partial charge is 0.453 e. The number of amides is 1. The quantitative estimate of drug-likeness (QED) is 0.213. The molecule has 1 amide bonds. The summed E-state index contributed by atoms with van der Waals surface area (Å²) in [5, 5.41) is 12.5. The highest BCUT2D eigenvalue weighted by atomic mass is 35.5. The number of aromatic nitrogens is 6. The number of piperazine rings is 1. The van der Waals surface area contributed by atoms with Crippen LogP contribution in [0.15, 0.2) is 78.1 Å². The van der Waals surface area contributed by atoms with E-state index in [2.05, 4.69) is 35.7 Å². The van der Waals surface area contributed by atoms with Crippen molar-refractivity contribution in [2.45, 2.75) is 23.7 Å². The van der Waals surface area contributed by atoms with Crippen molar-refractivity contribution in [1.82, 2.24) is 34.4 Å². The number of halogens is 2. The lowest BCUT2D eigenvalue weighted by Crippen LogP contribution is -2.44. The standard InChI is InChI=1S/C34H29ClFN9O4S/c35-26-6-2-4-20-3-1-5-24(28(20)26)30-29(36)31-25(17-38-30)33(44-15-13-37-14-16-44)42-34(41-31)49-18-27(46)40-22-9-11-23(12-10-22)50(47,48)45-19-39-32(43-45)21-7-8-21/h1-6,9-12,17,19,21,37H,7-8,13-16,18H2,(H,40,46). The molecule has 1 saturated heterocycles. The van der Waals surface area contributed by atoms with Gasteiger partial charge in [-0.15, -0.1) is 9.19 Å². The minimum atomic E-state index is -3.94. The van der Waals surface area contributed by atoms with Crippen molar-refractivity contribution in [1.29, 1.82) is 0 Å². The van der Waals surface area contributed by atoms with Crippen LogP contribution in [0.1, 0.15) is 24.6 Å². The molecule has 1 aliphatic carbocycles. The summed E-state index contributed by atoms with van der Waals surface area (Å²) in [7, 11) is -3.94. The smallest absolute Gasteiger partial charge is 0.319 e. The van der Waals surface area contributed by atoms with Crippen LogP contribution >= 0.6 is 11.6 Å². The molecule has 50 heavy (non-hydrogen) atoms. The third-order valence-electron chi connectivity index (χ3n) is 8.62. The molecule has 6 aromatic rings. The molecule has 4 heterocycles. The molecule has 1 saturated carbocycles. The molecule has 0 unspecified atom stereocenters. The number of pyridine rings is 1. The monoisotopic (exact) mass is 713 g/mol. The van der Waals surface area contributed by atoms with Crippen LogP contribution in [0.4, 0.5) is 15.9 Å². The molecule has 254 valence electrons. The molecule has 3 aromatic heterocycles. The van der Waals surface area contributed by atoms with Gasteiger partial charge in [-0.2, -0.15) is 18.4 Å². The summed E-state index contributed by atoms with van der Waals surface area (Å²) in [5.74, 6) is -0.0628. The number of rotatable bonds is 9. The summed E-state index contributed by atoms with van der Waals surface area (Å²) >= 11 is 6.55. The Hall–Kier alpha value is -5.25. The van der Waals surface area contributed by atoms with Gasteiger partial charge in [-0.3, -0.25) is 9.78 Å². The molecule has 2 N–H and O–H groups in total. The van der Waals surface area contributed by atoms with Crippen LogP contribution in [0.25, 0.3) is 32.9 Å². The van der Waals surface area contributed by atoms with Crippen molar-refractivity contribution in [3.05, 3.63) is 89.9 Å². The van der Waals surface area contributed by atoms with E-state index in [-0.39, 0.29) is 28.0 Å². The number of carbonyl (C=O) groups is 1. The first-order valence-corrected chi connectivity index (χ1v) is 17.8.